The highest BCUT2D eigenvalue weighted by molar-refractivity contribution is 7.15. The molecule has 1 aliphatic heterocycles. The van der Waals surface area contributed by atoms with Gasteiger partial charge in [-0.15, -0.1) is 11.3 Å². The van der Waals surface area contributed by atoms with Gasteiger partial charge in [-0.3, -0.25) is 0 Å². The van der Waals surface area contributed by atoms with Gasteiger partial charge in [-0.1, -0.05) is 0 Å². The first-order valence-electron chi connectivity index (χ1n) is 6.57. The van der Waals surface area contributed by atoms with Gasteiger partial charge in [0.15, 0.2) is 0 Å². The highest BCUT2D eigenvalue weighted by Gasteiger charge is 2.13. The smallest absolute Gasteiger partial charge is 0.108 e. The summed E-state index contributed by atoms with van der Waals surface area (Å²) in [4.78, 5) is 11.2. The van der Waals surface area contributed by atoms with Gasteiger partial charge < -0.3 is 9.88 Å². The van der Waals surface area contributed by atoms with Crippen molar-refractivity contribution in [2.75, 3.05) is 33.2 Å². The number of H-pyrrole nitrogens is 1. The van der Waals surface area contributed by atoms with Crippen molar-refractivity contribution in [2.45, 2.75) is 6.54 Å². The molecule has 0 bridgehead atoms. The van der Waals surface area contributed by atoms with Crippen LogP contribution in [0.25, 0.3) is 10.6 Å². The van der Waals surface area contributed by atoms with Crippen LogP contribution in [0.2, 0.25) is 0 Å². The third-order valence-electron chi connectivity index (χ3n) is 3.37. The van der Waals surface area contributed by atoms with Crippen LogP contribution in [0.3, 0.4) is 0 Å². The van der Waals surface area contributed by atoms with Gasteiger partial charge in [0, 0.05) is 38.6 Å². The Hall–Kier alpha value is -1.21. The van der Waals surface area contributed by atoms with Crippen molar-refractivity contribution in [2.24, 2.45) is 0 Å². The maximum absolute atomic E-state index is 4.47. The fourth-order valence-electron chi connectivity index (χ4n) is 2.14. The van der Waals surface area contributed by atoms with Crippen LogP contribution in [-0.4, -0.2) is 53.1 Å². The number of nitrogens with zero attached hydrogens (tertiary/aromatic N) is 3. The van der Waals surface area contributed by atoms with E-state index in [1.807, 2.05) is 18.5 Å². The molecule has 1 aliphatic rings. The molecule has 0 unspecified atom stereocenters. The number of aromatic nitrogens is 2. The second-order valence-electron chi connectivity index (χ2n) is 4.83. The molecule has 6 heteroatoms. The zero-order valence-corrected chi connectivity index (χ0v) is 11.9. The van der Waals surface area contributed by atoms with E-state index in [-0.39, 0.29) is 0 Å². The summed E-state index contributed by atoms with van der Waals surface area (Å²) in [7, 11) is 2.17. The van der Waals surface area contributed by atoms with Crippen LogP contribution in [0.4, 0.5) is 0 Å². The van der Waals surface area contributed by atoms with Gasteiger partial charge in [-0.05, 0) is 19.2 Å². The van der Waals surface area contributed by atoms with Gasteiger partial charge in [-0.2, -0.15) is 0 Å². The molecular formula is C13H19N5S. The first kappa shape index (κ1) is 12.8. The molecule has 19 heavy (non-hydrogen) atoms. The lowest BCUT2D eigenvalue weighted by Gasteiger charge is -2.32. The molecular weight excluding hydrogens is 258 g/mol. The second kappa shape index (κ2) is 5.83. The van der Waals surface area contributed by atoms with Crippen LogP contribution in [0.15, 0.2) is 24.5 Å². The van der Waals surface area contributed by atoms with Gasteiger partial charge >= 0.3 is 0 Å². The van der Waals surface area contributed by atoms with Crippen molar-refractivity contribution in [1.29, 1.82) is 0 Å². The number of hydrogen-bond acceptors (Lipinski definition) is 5. The van der Waals surface area contributed by atoms with Crippen LogP contribution >= 0.6 is 11.3 Å². The molecule has 0 aliphatic carbocycles. The van der Waals surface area contributed by atoms with Gasteiger partial charge in [0.25, 0.3) is 0 Å². The van der Waals surface area contributed by atoms with E-state index in [0.717, 1.165) is 43.4 Å². The molecule has 102 valence electrons. The van der Waals surface area contributed by atoms with Crippen LogP contribution in [0.5, 0.6) is 0 Å². The second-order valence-corrected chi connectivity index (χ2v) is 5.94. The minimum absolute atomic E-state index is 0.815. The Bertz CT molecular complexity index is 499. The Morgan fingerprint density at radius 1 is 1.37 bits per heavy atom. The van der Waals surface area contributed by atoms with E-state index in [9.17, 15) is 0 Å². The highest BCUT2D eigenvalue weighted by atomic mass is 32.1. The zero-order chi connectivity index (χ0) is 13.1. The standard InChI is InChI=1S/C13H19N5S/c1-17-5-7-18(8-6-17)16-10-13-15-9-12(19-13)11-3-2-4-14-11/h2-4,9,14,16H,5-8,10H2,1H3. The number of likely N-dealkylation sites (N-methyl/N-ethyl adjacent to an activating group) is 1. The summed E-state index contributed by atoms with van der Waals surface area (Å²) in [5.41, 5.74) is 4.60. The van der Waals surface area contributed by atoms with Crippen molar-refractivity contribution in [3.05, 3.63) is 29.5 Å². The molecule has 0 radical (unpaired) electrons. The molecule has 3 rings (SSSR count). The molecule has 0 aromatic carbocycles. The summed E-state index contributed by atoms with van der Waals surface area (Å²) in [5.74, 6) is 0. The summed E-state index contributed by atoms with van der Waals surface area (Å²) < 4.78 is 0. The number of hydrazine groups is 1. The number of piperazine rings is 1. The Balaban J connectivity index is 1.53. The molecule has 3 heterocycles. The molecule has 2 N–H and O–H groups in total. The average Bonchev–Trinajstić information content (AvgIpc) is 3.09. The van der Waals surface area contributed by atoms with Crippen molar-refractivity contribution in [1.82, 2.24) is 25.3 Å². The van der Waals surface area contributed by atoms with E-state index < -0.39 is 0 Å². The quantitative estimate of drug-likeness (QED) is 0.886. The van der Waals surface area contributed by atoms with E-state index >= 15 is 0 Å². The van der Waals surface area contributed by atoms with Crippen LogP contribution < -0.4 is 5.43 Å². The number of thiazole rings is 1. The maximum Gasteiger partial charge on any atom is 0.108 e. The van der Waals surface area contributed by atoms with E-state index in [0.29, 0.717) is 0 Å². The van der Waals surface area contributed by atoms with E-state index in [4.69, 9.17) is 0 Å². The average molecular weight is 277 g/mol. The number of hydrogen-bond donors (Lipinski definition) is 2. The monoisotopic (exact) mass is 277 g/mol. The van der Waals surface area contributed by atoms with Crippen LogP contribution in [-0.2, 0) is 6.54 Å². The van der Waals surface area contributed by atoms with Gasteiger partial charge in [0.1, 0.15) is 5.01 Å². The first-order valence-corrected chi connectivity index (χ1v) is 7.38. The number of rotatable bonds is 4. The number of aromatic amines is 1. The van der Waals surface area contributed by atoms with Gasteiger partial charge in [0.05, 0.1) is 17.1 Å². The molecule has 2 aromatic rings. The molecule has 0 saturated carbocycles. The first-order chi connectivity index (χ1) is 9.31. The summed E-state index contributed by atoms with van der Waals surface area (Å²) >= 11 is 1.74. The van der Waals surface area contributed by atoms with E-state index in [1.54, 1.807) is 11.3 Å². The molecule has 0 amide bonds. The Kier molecular flexibility index (Phi) is 3.93. The lowest BCUT2D eigenvalue weighted by molar-refractivity contribution is 0.102. The Morgan fingerprint density at radius 3 is 2.95 bits per heavy atom. The fraction of sp³-hybridized carbons (Fsp3) is 0.462. The summed E-state index contributed by atoms with van der Waals surface area (Å²) in [6, 6.07) is 4.09. The maximum atomic E-state index is 4.47. The molecule has 1 fully saturated rings. The normalized spacial score (nSPS) is 17.9. The fourth-order valence-corrected chi connectivity index (χ4v) is 2.98. The van der Waals surface area contributed by atoms with E-state index in [1.165, 1.54) is 4.88 Å². The third-order valence-corrected chi connectivity index (χ3v) is 4.40. The van der Waals surface area contributed by atoms with Gasteiger partial charge in [-0.25, -0.2) is 15.4 Å². The predicted molar refractivity (Wildman–Crippen MR) is 77.8 cm³/mol. The topological polar surface area (TPSA) is 47.2 Å². The van der Waals surface area contributed by atoms with Crippen molar-refractivity contribution in [3.8, 4) is 10.6 Å². The molecule has 0 spiro atoms. The zero-order valence-electron chi connectivity index (χ0n) is 11.1. The largest absolute Gasteiger partial charge is 0.360 e. The third kappa shape index (κ3) is 3.22. The predicted octanol–water partition coefficient (Wildman–Crippen LogP) is 1.39. The minimum Gasteiger partial charge on any atom is -0.360 e. The molecule has 1 saturated heterocycles. The summed E-state index contributed by atoms with van der Waals surface area (Å²) in [5, 5.41) is 3.42. The molecule has 2 aromatic heterocycles. The highest BCUT2D eigenvalue weighted by Crippen LogP contribution is 2.24. The SMILES string of the molecule is CN1CCN(NCc2ncc(-c3ccc[nH]3)s2)CC1. The number of nitrogens with one attached hydrogen (secondary N) is 2. The lowest BCUT2D eigenvalue weighted by atomic mass is 10.4. The Labute approximate surface area is 117 Å². The summed E-state index contributed by atoms with van der Waals surface area (Å²) in [6.45, 7) is 5.21. The Morgan fingerprint density at radius 2 is 2.21 bits per heavy atom. The van der Waals surface area contributed by atoms with E-state index in [2.05, 4.69) is 38.4 Å². The molecule has 0 atom stereocenters. The lowest BCUT2D eigenvalue weighted by Crippen LogP contribution is -2.50. The molecule has 5 nitrogen and oxygen atoms in total. The summed E-state index contributed by atoms with van der Waals surface area (Å²) in [6.07, 6.45) is 3.88. The van der Waals surface area contributed by atoms with Crippen LogP contribution in [0.1, 0.15) is 5.01 Å². The van der Waals surface area contributed by atoms with Crippen molar-refractivity contribution >= 4 is 11.3 Å². The van der Waals surface area contributed by atoms with Crippen molar-refractivity contribution in [3.63, 3.8) is 0 Å². The minimum atomic E-state index is 0.815. The van der Waals surface area contributed by atoms with Crippen molar-refractivity contribution < 1.29 is 0 Å². The van der Waals surface area contributed by atoms with Gasteiger partial charge in [0.2, 0.25) is 0 Å². The van der Waals surface area contributed by atoms with Crippen LogP contribution in [0, 0.1) is 0 Å².